The summed E-state index contributed by atoms with van der Waals surface area (Å²) in [5.41, 5.74) is 3.67. The molecule has 3 aromatic rings. The fraction of sp³-hybridized carbons (Fsp3) is 0.200. The monoisotopic (exact) mass is 382 g/mol. The number of carbonyl (C=O) groups is 1. The van der Waals surface area contributed by atoms with Crippen LogP contribution in [0.2, 0.25) is 5.02 Å². The third-order valence-electron chi connectivity index (χ3n) is 4.67. The van der Waals surface area contributed by atoms with E-state index in [1.807, 2.05) is 53.6 Å². The first kappa shape index (κ1) is 17.4. The van der Waals surface area contributed by atoms with Crippen LogP contribution in [0.1, 0.15) is 5.56 Å². The van der Waals surface area contributed by atoms with E-state index in [-0.39, 0.29) is 6.03 Å². The second-order valence-corrected chi connectivity index (χ2v) is 6.77. The molecule has 0 aliphatic carbocycles. The lowest BCUT2D eigenvalue weighted by atomic mass is 10.1. The van der Waals surface area contributed by atoms with E-state index >= 15 is 0 Å². The van der Waals surface area contributed by atoms with E-state index in [0.717, 1.165) is 28.1 Å². The number of nitrogens with zero attached hydrogens (tertiary/aromatic N) is 3. The summed E-state index contributed by atoms with van der Waals surface area (Å²) in [5, 5.41) is 7.29. The molecule has 1 aliphatic rings. The lowest BCUT2D eigenvalue weighted by Crippen LogP contribution is -2.31. The number of methoxy groups -OCH3 is 1. The fourth-order valence-corrected chi connectivity index (χ4v) is 3.54. The van der Waals surface area contributed by atoms with Crippen molar-refractivity contribution in [3.63, 3.8) is 0 Å². The lowest BCUT2D eigenvalue weighted by molar-refractivity contribution is 0.218. The van der Waals surface area contributed by atoms with Gasteiger partial charge in [-0.05, 0) is 35.4 Å². The summed E-state index contributed by atoms with van der Waals surface area (Å²) in [6.07, 6.45) is 3.55. The molecular weight excluding hydrogens is 364 g/mol. The van der Waals surface area contributed by atoms with Gasteiger partial charge in [0.05, 0.1) is 24.0 Å². The van der Waals surface area contributed by atoms with Crippen LogP contribution in [0.5, 0.6) is 5.75 Å². The van der Waals surface area contributed by atoms with Gasteiger partial charge in [-0.2, -0.15) is 5.10 Å². The van der Waals surface area contributed by atoms with Gasteiger partial charge in [0.2, 0.25) is 0 Å². The predicted octanol–water partition coefficient (Wildman–Crippen LogP) is 4.18. The van der Waals surface area contributed by atoms with E-state index in [4.69, 9.17) is 16.3 Å². The molecule has 1 saturated heterocycles. The van der Waals surface area contributed by atoms with Crippen LogP contribution in [0, 0.1) is 0 Å². The fourth-order valence-electron chi connectivity index (χ4n) is 3.26. The Bertz CT molecular complexity index is 958. The van der Waals surface area contributed by atoms with E-state index in [2.05, 4.69) is 10.2 Å². The predicted molar refractivity (Wildman–Crippen MR) is 105 cm³/mol. The van der Waals surface area contributed by atoms with Crippen molar-refractivity contribution in [2.24, 2.45) is 0 Å². The molecule has 1 aliphatic heterocycles. The SMILES string of the molecule is COc1cccc(CN2CCN(c3ccc(-c4cn[nH]c4)cc3Cl)C2=O)c1. The Morgan fingerprint density at radius 2 is 2.07 bits per heavy atom. The van der Waals surface area contributed by atoms with Crippen LogP contribution in [0.3, 0.4) is 0 Å². The smallest absolute Gasteiger partial charge is 0.324 e. The van der Waals surface area contributed by atoms with Crippen LogP contribution in [-0.2, 0) is 6.54 Å². The van der Waals surface area contributed by atoms with Crippen molar-refractivity contribution in [2.45, 2.75) is 6.54 Å². The van der Waals surface area contributed by atoms with Gasteiger partial charge in [-0.3, -0.25) is 10.00 Å². The topological polar surface area (TPSA) is 61.5 Å². The maximum Gasteiger partial charge on any atom is 0.324 e. The highest BCUT2D eigenvalue weighted by atomic mass is 35.5. The molecule has 0 spiro atoms. The number of carbonyl (C=O) groups excluding carboxylic acids is 1. The van der Waals surface area contributed by atoms with Gasteiger partial charge in [0.15, 0.2) is 0 Å². The molecule has 0 saturated carbocycles. The van der Waals surface area contributed by atoms with E-state index in [1.165, 1.54) is 0 Å². The molecular formula is C20H19ClN4O2. The standard InChI is InChI=1S/C20H19ClN4O2/c1-27-17-4-2-3-14(9-17)13-24-7-8-25(20(24)26)19-6-5-15(10-18(19)21)16-11-22-23-12-16/h2-6,9-12H,7-8,13H2,1H3,(H,22,23). The summed E-state index contributed by atoms with van der Waals surface area (Å²) in [7, 11) is 1.64. The number of ether oxygens (including phenoxy) is 1. The van der Waals surface area contributed by atoms with Crippen LogP contribution in [0.25, 0.3) is 11.1 Å². The van der Waals surface area contributed by atoms with Crippen molar-refractivity contribution in [2.75, 3.05) is 25.1 Å². The molecule has 138 valence electrons. The Morgan fingerprint density at radius 3 is 2.81 bits per heavy atom. The molecule has 27 heavy (non-hydrogen) atoms. The van der Waals surface area contributed by atoms with Crippen molar-refractivity contribution >= 4 is 23.3 Å². The van der Waals surface area contributed by atoms with Crippen molar-refractivity contribution in [3.05, 3.63) is 65.4 Å². The number of halogens is 1. The molecule has 0 radical (unpaired) electrons. The quantitative estimate of drug-likeness (QED) is 0.720. The minimum absolute atomic E-state index is 0.0456. The van der Waals surface area contributed by atoms with E-state index < -0.39 is 0 Å². The van der Waals surface area contributed by atoms with Crippen LogP contribution >= 0.6 is 11.6 Å². The summed E-state index contributed by atoms with van der Waals surface area (Å²) >= 11 is 6.48. The Hall–Kier alpha value is -2.99. The van der Waals surface area contributed by atoms with E-state index in [1.54, 1.807) is 18.2 Å². The van der Waals surface area contributed by atoms with Gasteiger partial charge in [-0.25, -0.2) is 4.79 Å². The molecule has 1 aromatic heterocycles. The van der Waals surface area contributed by atoms with Crippen LogP contribution in [-0.4, -0.2) is 41.3 Å². The Morgan fingerprint density at radius 1 is 1.19 bits per heavy atom. The number of amides is 2. The summed E-state index contributed by atoms with van der Waals surface area (Å²) in [6, 6.07) is 13.4. The minimum Gasteiger partial charge on any atom is -0.497 e. The molecule has 1 N–H and O–H groups in total. The second-order valence-electron chi connectivity index (χ2n) is 6.36. The maximum absolute atomic E-state index is 12.9. The Balaban J connectivity index is 1.51. The first-order valence-corrected chi connectivity index (χ1v) is 9.01. The van der Waals surface area contributed by atoms with Gasteiger partial charge >= 0.3 is 6.03 Å². The zero-order chi connectivity index (χ0) is 18.8. The average Bonchev–Trinajstić information content (AvgIpc) is 3.33. The minimum atomic E-state index is -0.0456. The van der Waals surface area contributed by atoms with E-state index in [0.29, 0.717) is 24.7 Å². The van der Waals surface area contributed by atoms with Gasteiger partial charge in [0, 0.05) is 31.4 Å². The van der Waals surface area contributed by atoms with Gasteiger partial charge in [-0.1, -0.05) is 29.8 Å². The molecule has 0 atom stereocenters. The van der Waals surface area contributed by atoms with Crippen molar-refractivity contribution < 1.29 is 9.53 Å². The summed E-state index contributed by atoms with van der Waals surface area (Å²) in [5.74, 6) is 0.786. The number of H-pyrrole nitrogens is 1. The number of hydrogen-bond donors (Lipinski definition) is 1. The molecule has 2 amide bonds. The zero-order valence-electron chi connectivity index (χ0n) is 14.9. The summed E-state index contributed by atoms with van der Waals surface area (Å²) in [6.45, 7) is 1.79. The molecule has 2 heterocycles. The third kappa shape index (κ3) is 3.48. The average molecular weight is 383 g/mol. The number of aromatic amines is 1. The largest absolute Gasteiger partial charge is 0.497 e. The number of nitrogens with one attached hydrogen (secondary N) is 1. The molecule has 0 bridgehead atoms. The van der Waals surface area contributed by atoms with Crippen molar-refractivity contribution in [3.8, 4) is 16.9 Å². The lowest BCUT2D eigenvalue weighted by Gasteiger charge is -2.20. The molecule has 7 heteroatoms. The number of rotatable bonds is 5. The van der Waals surface area contributed by atoms with Gasteiger partial charge in [0.25, 0.3) is 0 Å². The number of urea groups is 1. The third-order valence-corrected chi connectivity index (χ3v) is 4.98. The van der Waals surface area contributed by atoms with Crippen molar-refractivity contribution in [1.29, 1.82) is 0 Å². The zero-order valence-corrected chi connectivity index (χ0v) is 15.6. The molecule has 2 aromatic carbocycles. The van der Waals surface area contributed by atoms with Crippen LogP contribution < -0.4 is 9.64 Å². The van der Waals surface area contributed by atoms with Crippen molar-refractivity contribution in [1.82, 2.24) is 15.1 Å². The summed E-state index contributed by atoms with van der Waals surface area (Å²) in [4.78, 5) is 16.4. The summed E-state index contributed by atoms with van der Waals surface area (Å²) < 4.78 is 5.26. The molecule has 6 nitrogen and oxygen atoms in total. The number of aromatic nitrogens is 2. The van der Waals surface area contributed by atoms with E-state index in [9.17, 15) is 4.79 Å². The highest BCUT2D eigenvalue weighted by molar-refractivity contribution is 6.34. The second kappa shape index (κ2) is 7.32. The number of benzene rings is 2. The highest BCUT2D eigenvalue weighted by Crippen LogP contribution is 2.33. The normalized spacial score (nSPS) is 14.1. The molecule has 0 unspecified atom stereocenters. The number of hydrogen-bond acceptors (Lipinski definition) is 3. The first-order chi connectivity index (χ1) is 13.2. The number of anilines is 1. The maximum atomic E-state index is 12.9. The van der Waals surface area contributed by atoms with Gasteiger partial charge in [0.1, 0.15) is 5.75 Å². The molecule has 1 fully saturated rings. The Kier molecular flexibility index (Phi) is 4.73. The van der Waals surface area contributed by atoms with Crippen LogP contribution in [0.4, 0.5) is 10.5 Å². The van der Waals surface area contributed by atoms with Gasteiger partial charge < -0.3 is 9.64 Å². The first-order valence-electron chi connectivity index (χ1n) is 8.64. The van der Waals surface area contributed by atoms with Crippen LogP contribution in [0.15, 0.2) is 54.9 Å². The molecule has 4 rings (SSSR count). The van der Waals surface area contributed by atoms with Gasteiger partial charge in [-0.15, -0.1) is 0 Å². The Labute approximate surface area is 162 Å². The highest BCUT2D eigenvalue weighted by Gasteiger charge is 2.30.